The van der Waals surface area contributed by atoms with Gasteiger partial charge in [-0.05, 0) is 19.3 Å². The van der Waals surface area contributed by atoms with Gasteiger partial charge in [0, 0.05) is 40.8 Å². The summed E-state index contributed by atoms with van der Waals surface area (Å²) in [5.41, 5.74) is -0.437. The average Bonchev–Trinajstić information content (AvgIpc) is 2.54. The van der Waals surface area contributed by atoms with Crippen LogP contribution in [-0.2, 0) is 4.79 Å². The number of rotatable bonds is 17. The Morgan fingerprint density at radius 2 is 0.917 bits per heavy atom. The number of aliphatic carboxylic acids is 1. The molecule has 3 heteroatoms. The summed E-state index contributed by atoms with van der Waals surface area (Å²) < 4.78 is 0. The molecular weight excluding hydrogens is 428 g/mol. The number of hydrogen-bond acceptors (Lipinski definition) is 1. The van der Waals surface area contributed by atoms with Crippen LogP contribution in [0.4, 0.5) is 0 Å². The van der Waals surface area contributed by atoms with Crippen LogP contribution in [0, 0.1) is 46.3 Å². The predicted octanol–water partition coefficient (Wildman–Crippen LogP) is 7.36. The molecule has 0 radical (unpaired) electrons. The Morgan fingerprint density at radius 1 is 0.625 bits per heavy atom. The molecule has 2 nitrogen and oxygen atoms in total. The third-order valence-corrected chi connectivity index (χ3v) is 5.23. The maximum Gasteiger partial charge on any atom is 0.309 e. The third-order valence-electron chi connectivity index (χ3n) is 5.23. The van der Waals surface area contributed by atoms with Gasteiger partial charge < -0.3 is 5.11 Å². The van der Waals surface area contributed by atoms with Crippen molar-refractivity contribution in [3.05, 3.63) is 0 Å². The zero-order valence-electron chi connectivity index (χ0n) is 16.7. The number of unbranched alkanes of at least 4 members (excludes halogenated alkanes) is 10. The van der Waals surface area contributed by atoms with E-state index in [0.29, 0.717) is 0 Å². The van der Waals surface area contributed by atoms with Crippen LogP contribution in [-0.4, -0.2) is 11.1 Å². The zero-order valence-corrected chi connectivity index (χ0v) is 19.9. The fourth-order valence-corrected chi connectivity index (χ4v) is 3.54. The second-order valence-electron chi connectivity index (χ2n) is 7.37. The molecule has 0 amide bonds. The van der Waals surface area contributed by atoms with Gasteiger partial charge in [0.2, 0.25) is 0 Å². The van der Waals surface area contributed by atoms with Crippen LogP contribution >= 0.6 is 0 Å². The Kier molecular flexibility index (Phi) is 21.0. The first-order chi connectivity index (χ1) is 11.1. The maximum atomic E-state index is 12.1. The minimum absolute atomic E-state index is 0. The molecule has 142 valence electrons. The fraction of sp³-hybridized carbons (Fsp3) is 0.952. The van der Waals surface area contributed by atoms with Crippen LogP contribution < -0.4 is 0 Å². The minimum Gasteiger partial charge on any atom is -0.481 e. The Morgan fingerprint density at radius 3 is 1.21 bits per heavy atom. The molecule has 0 saturated heterocycles. The molecule has 0 bridgehead atoms. The van der Waals surface area contributed by atoms with Crippen LogP contribution in [0.1, 0.15) is 124 Å². The van der Waals surface area contributed by atoms with Gasteiger partial charge in [0.05, 0.1) is 5.41 Å². The molecule has 0 aromatic rings. The summed E-state index contributed by atoms with van der Waals surface area (Å²) in [5, 5.41) is 9.94. The first kappa shape index (κ1) is 27.0. The van der Waals surface area contributed by atoms with Crippen molar-refractivity contribution in [2.75, 3.05) is 0 Å². The Hall–Kier alpha value is 0.821. The summed E-state index contributed by atoms with van der Waals surface area (Å²) >= 11 is 0. The molecule has 0 fully saturated rings. The predicted molar refractivity (Wildman–Crippen MR) is 101 cm³/mol. The van der Waals surface area contributed by atoms with E-state index in [4.69, 9.17) is 0 Å². The monoisotopic (exact) mass is 468 g/mol. The average molecular weight is 471 g/mol. The van der Waals surface area contributed by atoms with E-state index in [-0.39, 0.29) is 40.8 Å². The van der Waals surface area contributed by atoms with Gasteiger partial charge in [-0.1, -0.05) is 104 Å². The van der Waals surface area contributed by atoms with Gasteiger partial charge in [-0.2, -0.15) is 0 Å². The van der Waals surface area contributed by atoms with Crippen LogP contribution in [0.5, 0.6) is 0 Å². The van der Waals surface area contributed by atoms with Crippen LogP contribution in [0.3, 0.4) is 0 Å². The largest absolute Gasteiger partial charge is 0.481 e. The van der Waals surface area contributed by atoms with E-state index in [1.165, 1.54) is 64.2 Å². The van der Waals surface area contributed by atoms with E-state index >= 15 is 0 Å². The summed E-state index contributed by atoms with van der Waals surface area (Å²) in [6.07, 6.45) is 18.2. The van der Waals surface area contributed by atoms with Crippen molar-refractivity contribution < 1.29 is 50.7 Å². The molecule has 0 aliphatic carbocycles. The zero-order chi connectivity index (χ0) is 17.4. The Bertz CT molecular complexity index is 267. The molecule has 1 N–H and O–H groups in total. The molecule has 0 saturated carbocycles. The van der Waals surface area contributed by atoms with Gasteiger partial charge in [0.1, 0.15) is 0 Å². The maximum absolute atomic E-state index is 12.1. The molecule has 0 unspecified atom stereocenters. The van der Waals surface area contributed by atoms with E-state index in [1.807, 2.05) is 0 Å². The Balaban J connectivity index is 0. The van der Waals surface area contributed by atoms with Crippen molar-refractivity contribution in [1.82, 2.24) is 0 Å². The minimum atomic E-state index is -0.527. The topological polar surface area (TPSA) is 37.3 Å². The van der Waals surface area contributed by atoms with E-state index < -0.39 is 11.4 Å². The molecule has 0 atom stereocenters. The van der Waals surface area contributed by atoms with Crippen molar-refractivity contribution in [1.29, 1.82) is 0 Å². The van der Waals surface area contributed by atoms with Gasteiger partial charge in [-0.15, -0.1) is 0 Å². The molecule has 0 aliphatic rings. The summed E-state index contributed by atoms with van der Waals surface area (Å²) in [4.78, 5) is 12.1. The van der Waals surface area contributed by atoms with Crippen molar-refractivity contribution in [3.8, 4) is 0 Å². The first-order valence-electron chi connectivity index (χ1n) is 10.4. The molecule has 0 rings (SSSR count). The van der Waals surface area contributed by atoms with Gasteiger partial charge in [0.25, 0.3) is 0 Å². The molecule has 24 heavy (non-hydrogen) atoms. The van der Waals surface area contributed by atoms with Crippen molar-refractivity contribution >= 4 is 5.97 Å². The van der Waals surface area contributed by atoms with Crippen molar-refractivity contribution in [3.63, 3.8) is 0 Å². The number of carbonyl (C=O) groups is 1. The van der Waals surface area contributed by atoms with Gasteiger partial charge in [0.15, 0.2) is 0 Å². The van der Waals surface area contributed by atoms with Gasteiger partial charge in [-0.3, -0.25) is 4.79 Å². The summed E-state index contributed by atoms with van der Waals surface area (Å²) in [7, 11) is 0. The van der Waals surface area contributed by atoms with E-state index in [9.17, 15) is 9.90 Å². The first-order valence-corrected chi connectivity index (χ1v) is 10.4. The Labute approximate surface area is 184 Å². The number of hydrogen-bond donors (Lipinski definition) is 1. The normalized spacial score (nSPS) is 11.3. The molecular formula is C21H42NdO2. The van der Waals surface area contributed by atoms with Crippen LogP contribution in [0.25, 0.3) is 0 Å². The molecule has 0 aromatic heterocycles. The fourth-order valence-electron chi connectivity index (χ4n) is 3.54. The van der Waals surface area contributed by atoms with E-state index in [2.05, 4.69) is 20.8 Å². The second-order valence-corrected chi connectivity index (χ2v) is 7.37. The summed E-state index contributed by atoms with van der Waals surface area (Å²) in [5.74, 6) is -0.527. The van der Waals surface area contributed by atoms with E-state index in [1.54, 1.807) is 0 Å². The number of carboxylic acid groups (broad SMARTS) is 1. The summed E-state index contributed by atoms with van der Waals surface area (Å²) in [6.45, 7) is 6.65. The van der Waals surface area contributed by atoms with Crippen molar-refractivity contribution in [2.45, 2.75) is 124 Å². The smallest absolute Gasteiger partial charge is 0.309 e. The molecule has 0 aromatic carbocycles. The van der Waals surface area contributed by atoms with Gasteiger partial charge in [-0.25, -0.2) is 0 Å². The third kappa shape index (κ3) is 13.1. The quantitative estimate of drug-likeness (QED) is 0.225. The summed E-state index contributed by atoms with van der Waals surface area (Å²) in [6, 6.07) is 0. The van der Waals surface area contributed by atoms with Crippen LogP contribution in [0.2, 0.25) is 0 Å². The standard InChI is InChI=1S/C21H42O2.Nd/c1-4-7-10-13-16-19-21(20(22)23,17-14-11-8-5-2)18-15-12-9-6-3;/h4-19H2,1-3H3,(H,22,23);. The van der Waals surface area contributed by atoms with Crippen LogP contribution in [0.15, 0.2) is 0 Å². The molecule has 0 heterocycles. The van der Waals surface area contributed by atoms with E-state index in [0.717, 1.165) is 38.5 Å². The molecule has 0 aliphatic heterocycles. The molecule has 0 spiro atoms. The second kappa shape index (κ2) is 18.6. The SMILES string of the molecule is CCCCCCCC(CCCCCC)(CCCCCC)C(=O)O.[Nd]. The van der Waals surface area contributed by atoms with Gasteiger partial charge >= 0.3 is 5.97 Å². The van der Waals surface area contributed by atoms with Crippen molar-refractivity contribution in [2.24, 2.45) is 5.41 Å². The number of carboxylic acids is 1.